The second kappa shape index (κ2) is 10.6. The van der Waals surface area contributed by atoms with Gasteiger partial charge < -0.3 is 9.47 Å². The van der Waals surface area contributed by atoms with Crippen LogP contribution >= 0.6 is 35.6 Å². The quantitative estimate of drug-likeness (QED) is 0.159. The SMILES string of the molecule is CCN1C(=O)C(=Cc2cc([N+](=O)[O-])ccc2OCCCOc2ccc(Cl)cc2)SC1=S. The van der Waals surface area contributed by atoms with E-state index in [0.29, 0.717) is 57.5 Å². The topological polar surface area (TPSA) is 81.9 Å². The summed E-state index contributed by atoms with van der Waals surface area (Å²) >= 11 is 12.2. The van der Waals surface area contributed by atoms with Crippen molar-refractivity contribution in [1.29, 1.82) is 0 Å². The molecule has 1 aliphatic heterocycles. The fourth-order valence-electron chi connectivity index (χ4n) is 2.77. The lowest BCUT2D eigenvalue weighted by Gasteiger charge is -2.11. The van der Waals surface area contributed by atoms with Crippen LogP contribution in [-0.4, -0.2) is 39.8 Å². The van der Waals surface area contributed by atoms with Gasteiger partial charge in [0.05, 0.1) is 23.0 Å². The number of ether oxygens (including phenoxy) is 2. The third-order valence-corrected chi connectivity index (χ3v) is 5.94. The number of non-ortho nitro benzene ring substituents is 1. The van der Waals surface area contributed by atoms with E-state index in [2.05, 4.69) is 0 Å². The zero-order chi connectivity index (χ0) is 22.4. The summed E-state index contributed by atoms with van der Waals surface area (Å²) < 4.78 is 11.9. The van der Waals surface area contributed by atoms with E-state index in [0.717, 1.165) is 0 Å². The van der Waals surface area contributed by atoms with Gasteiger partial charge in [-0.15, -0.1) is 0 Å². The molecular weight excluding hydrogens is 460 g/mol. The maximum atomic E-state index is 12.5. The number of nitrogens with zero attached hydrogens (tertiary/aromatic N) is 2. The first-order valence-electron chi connectivity index (χ1n) is 9.44. The molecule has 7 nitrogen and oxygen atoms in total. The standard InChI is InChI=1S/C21H19ClN2O5S2/c1-2-23-20(25)19(31-21(23)30)13-14-12-16(24(26)27)6-9-18(14)29-11-3-10-28-17-7-4-15(22)5-8-17/h4-9,12-13H,2-3,10-11H2,1H3. The van der Waals surface area contributed by atoms with Gasteiger partial charge in [0.1, 0.15) is 15.8 Å². The summed E-state index contributed by atoms with van der Waals surface area (Å²) in [6.07, 6.45) is 2.18. The van der Waals surface area contributed by atoms with E-state index in [1.165, 1.54) is 34.9 Å². The minimum Gasteiger partial charge on any atom is -0.493 e. The van der Waals surface area contributed by atoms with Crippen molar-refractivity contribution in [1.82, 2.24) is 4.90 Å². The molecule has 1 fully saturated rings. The minimum absolute atomic E-state index is 0.0874. The number of thioether (sulfide) groups is 1. The number of rotatable bonds is 9. The summed E-state index contributed by atoms with van der Waals surface area (Å²) in [5.41, 5.74) is 0.361. The van der Waals surface area contributed by atoms with Crippen molar-refractivity contribution in [3.63, 3.8) is 0 Å². The maximum absolute atomic E-state index is 12.5. The number of hydrogen-bond acceptors (Lipinski definition) is 7. The highest BCUT2D eigenvalue weighted by atomic mass is 35.5. The van der Waals surface area contributed by atoms with Crippen LogP contribution in [0.4, 0.5) is 5.69 Å². The normalized spacial score (nSPS) is 14.9. The number of hydrogen-bond donors (Lipinski definition) is 0. The van der Waals surface area contributed by atoms with Gasteiger partial charge in [-0.25, -0.2) is 0 Å². The molecule has 0 radical (unpaired) electrons. The van der Waals surface area contributed by atoms with Crippen LogP contribution in [0.15, 0.2) is 47.4 Å². The maximum Gasteiger partial charge on any atom is 0.270 e. The highest BCUT2D eigenvalue weighted by molar-refractivity contribution is 8.26. The van der Waals surface area contributed by atoms with Gasteiger partial charge in [-0.1, -0.05) is 35.6 Å². The summed E-state index contributed by atoms with van der Waals surface area (Å²) in [7, 11) is 0. The predicted octanol–water partition coefficient (Wildman–Crippen LogP) is 5.32. The van der Waals surface area contributed by atoms with E-state index >= 15 is 0 Å². The zero-order valence-electron chi connectivity index (χ0n) is 16.6. The second-order valence-electron chi connectivity index (χ2n) is 6.41. The highest BCUT2D eigenvalue weighted by Crippen LogP contribution is 2.35. The van der Waals surface area contributed by atoms with Crippen molar-refractivity contribution in [2.45, 2.75) is 13.3 Å². The largest absolute Gasteiger partial charge is 0.493 e. The Morgan fingerprint density at radius 3 is 2.55 bits per heavy atom. The van der Waals surface area contributed by atoms with Gasteiger partial charge in [-0.3, -0.25) is 19.8 Å². The fourth-order valence-corrected chi connectivity index (χ4v) is 4.27. The lowest BCUT2D eigenvalue weighted by molar-refractivity contribution is -0.384. The number of nitro groups is 1. The van der Waals surface area contributed by atoms with Gasteiger partial charge in [-0.2, -0.15) is 0 Å². The molecule has 31 heavy (non-hydrogen) atoms. The Bertz CT molecular complexity index is 1030. The molecule has 0 aliphatic carbocycles. The Labute approximate surface area is 194 Å². The van der Waals surface area contributed by atoms with Crippen molar-refractivity contribution < 1.29 is 19.2 Å². The summed E-state index contributed by atoms with van der Waals surface area (Å²) in [5, 5.41) is 11.8. The number of halogens is 1. The molecule has 3 rings (SSSR count). The lowest BCUT2D eigenvalue weighted by atomic mass is 10.1. The molecule has 0 unspecified atom stereocenters. The van der Waals surface area contributed by atoms with Gasteiger partial charge >= 0.3 is 0 Å². The fraction of sp³-hybridized carbons (Fsp3) is 0.238. The molecule has 1 aliphatic rings. The first-order valence-corrected chi connectivity index (χ1v) is 11.0. The smallest absolute Gasteiger partial charge is 0.270 e. The van der Waals surface area contributed by atoms with E-state index in [4.69, 9.17) is 33.3 Å². The Kier molecular flexibility index (Phi) is 7.89. The summed E-state index contributed by atoms with van der Waals surface area (Å²) in [5.74, 6) is 0.934. The molecule has 0 spiro atoms. The van der Waals surface area contributed by atoms with Gasteiger partial charge in [0.15, 0.2) is 0 Å². The molecule has 0 saturated carbocycles. The van der Waals surface area contributed by atoms with Crippen LogP contribution < -0.4 is 9.47 Å². The third kappa shape index (κ3) is 5.96. The van der Waals surface area contributed by atoms with Gasteiger partial charge in [0.2, 0.25) is 0 Å². The molecular formula is C21H19ClN2O5S2. The Morgan fingerprint density at radius 2 is 1.90 bits per heavy atom. The number of nitro benzene ring substituents is 1. The highest BCUT2D eigenvalue weighted by Gasteiger charge is 2.31. The number of benzene rings is 2. The van der Waals surface area contributed by atoms with Crippen LogP contribution in [0, 0.1) is 10.1 Å². The van der Waals surface area contributed by atoms with Gasteiger partial charge in [-0.05, 0) is 43.3 Å². The molecule has 0 bridgehead atoms. The third-order valence-electron chi connectivity index (χ3n) is 4.31. The molecule has 162 valence electrons. The Morgan fingerprint density at radius 1 is 1.19 bits per heavy atom. The van der Waals surface area contributed by atoms with Crippen LogP contribution in [0.2, 0.25) is 5.02 Å². The Balaban J connectivity index is 1.68. The summed E-state index contributed by atoms with van der Waals surface area (Å²) in [6.45, 7) is 3.07. The van der Waals surface area contributed by atoms with Crippen LogP contribution in [0.5, 0.6) is 11.5 Å². The van der Waals surface area contributed by atoms with Gasteiger partial charge in [0.25, 0.3) is 11.6 Å². The summed E-state index contributed by atoms with van der Waals surface area (Å²) in [6, 6.07) is 11.3. The zero-order valence-corrected chi connectivity index (χ0v) is 19.0. The van der Waals surface area contributed by atoms with Crippen molar-refractivity contribution in [2.75, 3.05) is 19.8 Å². The van der Waals surface area contributed by atoms with E-state index in [9.17, 15) is 14.9 Å². The Hall–Kier alpha value is -2.62. The molecule has 1 saturated heterocycles. The van der Waals surface area contributed by atoms with E-state index in [1.54, 1.807) is 30.3 Å². The molecule has 2 aromatic rings. The number of carbonyl (C=O) groups is 1. The first kappa shape index (κ1) is 23.1. The second-order valence-corrected chi connectivity index (χ2v) is 8.52. The van der Waals surface area contributed by atoms with E-state index in [-0.39, 0.29) is 11.6 Å². The molecule has 0 aromatic heterocycles. The molecule has 10 heteroatoms. The predicted molar refractivity (Wildman–Crippen MR) is 126 cm³/mol. The van der Waals surface area contributed by atoms with E-state index < -0.39 is 4.92 Å². The molecule has 0 atom stereocenters. The van der Waals surface area contributed by atoms with Crippen LogP contribution in [0.25, 0.3) is 6.08 Å². The molecule has 2 aromatic carbocycles. The molecule has 1 amide bonds. The lowest BCUT2D eigenvalue weighted by Crippen LogP contribution is -2.27. The first-order chi connectivity index (χ1) is 14.9. The minimum atomic E-state index is -0.488. The number of carbonyl (C=O) groups excluding carboxylic acids is 1. The number of amides is 1. The van der Waals surface area contributed by atoms with E-state index in [1.807, 2.05) is 6.92 Å². The monoisotopic (exact) mass is 478 g/mol. The van der Waals surface area contributed by atoms with Crippen molar-refractivity contribution in [3.05, 3.63) is 68.1 Å². The van der Waals surface area contributed by atoms with Crippen molar-refractivity contribution >= 4 is 57.6 Å². The number of likely N-dealkylation sites (N-methyl/N-ethyl adjacent to an activating group) is 1. The molecule has 0 N–H and O–H groups in total. The average molecular weight is 479 g/mol. The number of thiocarbonyl (C=S) groups is 1. The average Bonchev–Trinajstić information content (AvgIpc) is 3.02. The van der Waals surface area contributed by atoms with Crippen LogP contribution in [0.1, 0.15) is 18.9 Å². The van der Waals surface area contributed by atoms with Crippen LogP contribution in [0.3, 0.4) is 0 Å². The van der Waals surface area contributed by atoms with Crippen molar-refractivity contribution in [3.8, 4) is 11.5 Å². The summed E-state index contributed by atoms with van der Waals surface area (Å²) in [4.78, 5) is 25.1. The van der Waals surface area contributed by atoms with Crippen molar-refractivity contribution in [2.24, 2.45) is 0 Å². The van der Waals surface area contributed by atoms with Gasteiger partial charge in [0, 0.05) is 35.7 Å². The molecule has 1 heterocycles. The van der Waals surface area contributed by atoms with Crippen LogP contribution in [-0.2, 0) is 4.79 Å².